The molecule has 6 heteroatoms. The lowest BCUT2D eigenvalue weighted by atomic mass is 10.3. The van der Waals surface area contributed by atoms with E-state index >= 15 is 0 Å². The smallest absolute Gasteiger partial charge is 0.312 e. The second-order valence-electron chi connectivity index (χ2n) is 3.23. The first-order chi connectivity index (χ1) is 8.08. The van der Waals surface area contributed by atoms with Gasteiger partial charge < -0.3 is 15.2 Å². The van der Waals surface area contributed by atoms with Crippen molar-refractivity contribution in [3.8, 4) is 5.75 Å². The van der Waals surface area contributed by atoms with Crippen LogP contribution in [-0.2, 0) is 9.59 Å². The number of amides is 1. The Morgan fingerprint density at radius 1 is 1.41 bits per heavy atom. The van der Waals surface area contributed by atoms with Gasteiger partial charge in [0.15, 0.2) is 0 Å². The van der Waals surface area contributed by atoms with Crippen LogP contribution < -0.4 is 10.1 Å². The molecule has 1 aromatic carbocycles. The van der Waals surface area contributed by atoms with E-state index in [-0.39, 0.29) is 13.2 Å². The first-order valence-electron chi connectivity index (χ1n) is 4.95. The van der Waals surface area contributed by atoms with Gasteiger partial charge in [0, 0.05) is 6.07 Å². The number of carbonyl (C=O) groups is 2. The fraction of sp³-hybridized carbons (Fsp3) is 0.273. The van der Waals surface area contributed by atoms with E-state index in [1.165, 1.54) is 18.2 Å². The maximum absolute atomic E-state index is 12.7. The number of benzene rings is 1. The van der Waals surface area contributed by atoms with Crippen LogP contribution in [0.3, 0.4) is 0 Å². The second-order valence-corrected chi connectivity index (χ2v) is 3.23. The quantitative estimate of drug-likeness (QED) is 0.570. The fourth-order valence-corrected chi connectivity index (χ4v) is 1.12. The van der Waals surface area contributed by atoms with E-state index in [9.17, 15) is 14.0 Å². The highest BCUT2D eigenvalue weighted by Crippen LogP contribution is 2.11. The van der Waals surface area contributed by atoms with E-state index in [0.29, 0.717) is 5.75 Å². The molecule has 0 saturated carbocycles. The van der Waals surface area contributed by atoms with Crippen LogP contribution in [0.15, 0.2) is 24.3 Å². The number of carboxylic acids is 1. The highest BCUT2D eigenvalue weighted by molar-refractivity contribution is 5.93. The van der Waals surface area contributed by atoms with E-state index < -0.39 is 24.1 Å². The highest BCUT2D eigenvalue weighted by atomic mass is 19.1. The number of nitrogens with one attached hydrogen (secondary N) is 1. The van der Waals surface area contributed by atoms with E-state index in [1.54, 1.807) is 6.07 Å². The summed E-state index contributed by atoms with van der Waals surface area (Å²) in [6.07, 6.45) is -0.569. The molecule has 0 spiro atoms. The average molecular weight is 241 g/mol. The Labute approximate surface area is 97.2 Å². The number of hydrogen-bond donors (Lipinski definition) is 2. The summed E-state index contributed by atoms with van der Waals surface area (Å²) in [5, 5.41) is 10.7. The van der Waals surface area contributed by atoms with Crippen LogP contribution in [0.1, 0.15) is 6.42 Å². The average Bonchev–Trinajstić information content (AvgIpc) is 2.23. The predicted octanol–water partition coefficient (Wildman–Crippen LogP) is 0.795. The van der Waals surface area contributed by atoms with Gasteiger partial charge in [-0.3, -0.25) is 9.59 Å². The Morgan fingerprint density at radius 3 is 2.82 bits per heavy atom. The van der Waals surface area contributed by atoms with Crippen LogP contribution in [0.25, 0.3) is 0 Å². The summed E-state index contributed by atoms with van der Waals surface area (Å²) in [6.45, 7) is 0.317. The lowest BCUT2D eigenvalue weighted by Gasteiger charge is -2.06. The number of rotatable bonds is 6. The Kier molecular flexibility index (Phi) is 4.93. The molecule has 0 fully saturated rings. The van der Waals surface area contributed by atoms with Gasteiger partial charge in [0.1, 0.15) is 24.6 Å². The summed E-state index contributed by atoms with van der Waals surface area (Å²) in [7, 11) is 0. The van der Waals surface area contributed by atoms with E-state index in [2.05, 4.69) is 5.32 Å². The predicted molar refractivity (Wildman–Crippen MR) is 57.2 cm³/mol. The van der Waals surface area contributed by atoms with Gasteiger partial charge in [-0.2, -0.15) is 0 Å². The lowest BCUT2D eigenvalue weighted by molar-refractivity contribution is -0.140. The Bertz CT molecular complexity index is 408. The van der Waals surface area contributed by atoms with Gasteiger partial charge >= 0.3 is 5.97 Å². The minimum absolute atomic E-state index is 0.148. The monoisotopic (exact) mass is 241 g/mol. The van der Waals surface area contributed by atoms with Crippen molar-refractivity contribution in [2.45, 2.75) is 6.42 Å². The van der Waals surface area contributed by atoms with Crippen molar-refractivity contribution < 1.29 is 23.8 Å². The molecule has 92 valence electrons. The van der Waals surface area contributed by atoms with Crippen LogP contribution in [0.4, 0.5) is 4.39 Å². The van der Waals surface area contributed by atoms with Crippen molar-refractivity contribution >= 4 is 11.9 Å². The zero-order valence-electron chi connectivity index (χ0n) is 8.98. The van der Waals surface area contributed by atoms with E-state index in [1.807, 2.05) is 0 Å². The lowest BCUT2D eigenvalue weighted by Crippen LogP contribution is -2.29. The Hall–Kier alpha value is -2.11. The molecule has 1 amide bonds. The molecule has 0 radical (unpaired) electrons. The van der Waals surface area contributed by atoms with Crippen LogP contribution in [0.2, 0.25) is 0 Å². The summed E-state index contributed by atoms with van der Waals surface area (Å²) in [4.78, 5) is 21.1. The molecule has 2 N–H and O–H groups in total. The van der Waals surface area contributed by atoms with Crippen molar-refractivity contribution in [1.29, 1.82) is 0 Å². The number of hydrogen-bond acceptors (Lipinski definition) is 3. The highest BCUT2D eigenvalue weighted by Gasteiger charge is 2.06. The third kappa shape index (κ3) is 5.50. The van der Waals surface area contributed by atoms with Crippen molar-refractivity contribution in [2.75, 3.05) is 13.2 Å². The minimum Gasteiger partial charge on any atom is -0.492 e. The minimum atomic E-state index is -1.19. The molecule has 17 heavy (non-hydrogen) atoms. The molecule has 0 heterocycles. The Balaban J connectivity index is 2.20. The van der Waals surface area contributed by atoms with Crippen molar-refractivity contribution in [2.24, 2.45) is 0 Å². The van der Waals surface area contributed by atoms with E-state index in [0.717, 1.165) is 0 Å². The molecule has 0 aliphatic heterocycles. The van der Waals surface area contributed by atoms with Crippen molar-refractivity contribution in [3.63, 3.8) is 0 Å². The summed E-state index contributed by atoms with van der Waals surface area (Å²) < 4.78 is 17.9. The molecule has 0 aliphatic carbocycles. The molecule has 5 nitrogen and oxygen atoms in total. The first-order valence-corrected chi connectivity index (χ1v) is 4.95. The molecule has 0 unspecified atom stereocenters. The maximum Gasteiger partial charge on any atom is 0.312 e. The van der Waals surface area contributed by atoms with Crippen LogP contribution in [-0.4, -0.2) is 30.1 Å². The van der Waals surface area contributed by atoms with Gasteiger partial charge in [-0.1, -0.05) is 6.07 Å². The van der Waals surface area contributed by atoms with Gasteiger partial charge in [-0.05, 0) is 12.1 Å². The summed E-state index contributed by atoms with van der Waals surface area (Å²) in [5.74, 6) is -1.82. The normalized spacial score (nSPS) is 9.71. The molecule has 0 aliphatic rings. The van der Waals surface area contributed by atoms with Gasteiger partial charge in [-0.25, -0.2) is 4.39 Å². The molecule has 0 aromatic heterocycles. The van der Waals surface area contributed by atoms with Gasteiger partial charge in [0.05, 0.1) is 6.54 Å². The molecular formula is C11H12FNO4. The SMILES string of the molecule is O=C(O)CC(=O)NCCOc1cccc(F)c1. The number of ether oxygens (including phenoxy) is 1. The Morgan fingerprint density at radius 2 is 2.18 bits per heavy atom. The zero-order chi connectivity index (χ0) is 12.7. The standard InChI is InChI=1S/C11H12FNO4/c12-8-2-1-3-9(6-8)17-5-4-13-10(14)7-11(15)16/h1-3,6H,4-5,7H2,(H,13,14)(H,15,16). The molecule has 1 rings (SSSR count). The van der Waals surface area contributed by atoms with Crippen LogP contribution >= 0.6 is 0 Å². The third-order valence-electron chi connectivity index (χ3n) is 1.80. The molecule has 1 aromatic rings. The molecule has 0 saturated heterocycles. The maximum atomic E-state index is 12.7. The van der Waals surface area contributed by atoms with Crippen molar-refractivity contribution in [3.05, 3.63) is 30.1 Å². The van der Waals surface area contributed by atoms with E-state index in [4.69, 9.17) is 9.84 Å². The van der Waals surface area contributed by atoms with Gasteiger partial charge in [0.25, 0.3) is 0 Å². The summed E-state index contributed by atoms with van der Waals surface area (Å²) in [5.41, 5.74) is 0. The third-order valence-corrected chi connectivity index (χ3v) is 1.80. The fourth-order valence-electron chi connectivity index (χ4n) is 1.12. The van der Waals surface area contributed by atoms with Crippen LogP contribution in [0, 0.1) is 5.82 Å². The molecule has 0 atom stereocenters. The topological polar surface area (TPSA) is 75.6 Å². The summed E-state index contributed by atoms with van der Waals surface area (Å²) >= 11 is 0. The number of carboxylic acid groups (broad SMARTS) is 1. The number of carbonyl (C=O) groups excluding carboxylic acids is 1. The number of halogens is 1. The second kappa shape index (κ2) is 6.47. The van der Waals surface area contributed by atoms with Gasteiger partial charge in [-0.15, -0.1) is 0 Å². The first kappa shape index (κ1) is 13.0. The molecule has 0 bridgehead atoms. The van der Waals surface area contributed by atoms with Crippen LogP contribution in [0.5, 0.6) is 5.75 Å². The largest absolute Gasteiger partial charge is 0.492 e. The zero-order valence-corrected chi connectivity index (χ0v) is 8.98. The summed E-state index contributed by atoms with van der Waals surface area (Å²) in [6, 6.07) is 5.61. The van der Waals surface area contributed by atoms with Gasteiger partial charge in [0.2, 0.25) is 5.91 Å². The molecular weight excluding hydrogens is 229 g/mol. The van der Waals surface area contributed by atoms with Crippen molar-refractivity contribution in [1.82, 2.24) is 5.32 Å². The number of aliphatic carboxylic acids is 1.